The van der Waals surface area contributed by atoms with Crippen LogP contribution in [0.15, 0.2) is 22.7 Å². The Hall–Kier alpha value is -0.950. The average molecular weight is 345 g/mol. The van der Waals surface area contributed by atoms with E-state index in [0.717, 1.165) is 15.7 Å². The maximum Gasteiger partial charge on any atom is 0.238 e. The number of carbonyl (C=O) groups is 1. The van der Waals surface area contributed by atoms with Crippen molar-refractivity contribution in [3.8, 4) is 0 Å². The molecule has 0 atom stereocenters. The van der Waals surface area contributed by atoms with Crippen molar-refractivity contribution < 1.29 is 15.0 Å². The van der Waals surface area contributed by atoms with Crippen LogP contribution in [0.25, 0.3) is 0 Å². The Morgan fingerprint density at radius 2 is 2.05 bits per heavy atom. The van der Waals surface area contributed by atoms with E-state index in [-0.39, 0.29) is 25.7 Å². The molecule has 112 valence electrons. The van der Waals surface area contributed by atoms with E-state index in [0.29, 0.717) is 19.5 Å². The molecule has 1 aromatic rings. The maximum absolute atomic E-state index is 12.0. The number of rotatable bonds is 8. The van der Waals surface area contributed by atoms with Crippen molar-refractivity contribution in [2.24, 2.45) is 0 Å². The monoisotopic (exact) mass is 344 g/mol. The van der Waals surface area contributed by atoms with Crippen LogP contribution in [0.2, 0.25) is 0 Å². The molecule has 1 amide bonds. The summed E-state index contributed by atoms with van der Waals surface area (Å²) in [5.74, 6) is -0.123. The molecule has 0 saturated carbocycles. The fraction of sp³-hybridized carbons (Fsp3) is 0.500. The summed E-state index contributed by atoms with van der Waals surface area (Å²) in [6.45, 7) is 3.22. The summed E-state index contributed by atoms with van der Waals surface area (Å²) < 4.78 is 0.970. The summed E-state index contributed by atoms with van der Waals surface area (Å²) in [4.78, 5) is 13.8. The third-order valence-electron chi connectivity index (χ3n) is 2.88. The number of halogens is 1. The van der Waals surface area contributed by atoms with Gasteiger partial charge in [-0.25, -0.2) is 0 Å². The van der Waals surface area contributed by atoms with E-state index in [2.05, 4.69) is 21.2 Å². The second kappa shape index (κ2) is 9.07. The number of aliphatic hydroxyl groups excluding tert-OH is 2. The van der Waals surface area contributed by atoms with Crippen LogP contribution in [-0.2, 0) is 4.79 Å². The minimum Gasteiger partial charge on any atom is -0.396 e. The molecule has 0 radical (unpaired) electrons. The molecule has 20 heavy (non-hydrogen) atoms. The lowest BCUT2D eigenvalue weighted by Crippen LogP contribution is -2.36. The Kier molecular flexibility index (Phi) is 7.76. The van der Waals surface area contributed by atoms with Crippen LogP contribution >= 0.6 is 15.9 Å². The summed E-state index contributed by atoms with van der Waals surface area (Å²) in [5.41, 5.74) is 1.76. The van der Waals surface area contributed by atoms with Crippen LogP contribution in [0, 0.1) is 6.92 Å². The van der Waals surface area contributed by atoms with Crippen molar-refractivity contribution in [2.45, 2.75) is 13.3 Å². The van der Waals surface area contributed by atoms with Gasteiger partial charge in [0, 0.05) is 29.9 Å². The number of aliphatic hydroxyl groups is 2. The van der Waals surface area contributed by atoms with E-state index < -0.39 is 0 Å². The molecule has 0 saturated heterocycles. The number of benzene rings is 1. The Labute approximate surface area is 127 Å². The molecule has 0 unspecified atom stereocenters. The third-order valence-corrected chi connectivity index (χ3v) is 3.37. The average Bonchev–Trinajstić information content (AvgIpc) is 2.39. The first-order chi connectivity index (χ1) is 9.56. The number of nitrogens with one attached hydrogen (secondary N) is 1. The topological polar surface area (TPSA) is 72.8 Å². The van der Waals surface area contributed by atoms with Crippen LogP contribution in [0.4, 0.5) is 5.69 Å². The lowest BCUT2D eigenvalue weighted by molar-refractivity contribution is -0.117. The summed E-state index contributed by atoms with van der Waals surface area (Å²) in [6.07, 6.45) is 0.588. The van der Waals surface area contributed by atoms with Gasteiger partial charge in [0.15, 0.2) is 0 Å². The first-order valence-corrected chi connectivity index (χ1v) is 7.36. The third kappa shape index (κ3) is 6.00. The van der Waals surface area contributed by atoms with E-state index in [9.17, 15) is 4.79 Å². The molecule has 0 bridgehead atoms. The quantitative estimate of drug-likeness (QED) is 0.666. The van der Waals surface area contributed by atoms with E-state index in [1.54, 1.807) is 0 Å². The summed E-state index contributed by atoms with van der Waals surface area (Å²) in [6, 6.07) is 5.66. The molecule has 3 N–H and O–H groups in total. The van der Waals surface area contributed by atoms with Gasteiger partial charge in [-0.3, -0.25) is 9.69 Å². The highest BCUT2D eigenvalue weighted by Gasteiger charge is 2.11. The molecule has 0 aliphatic rings. The molecule has 0 fully saturated rings. The van der Waals surface area contributed by atoms with Crippen molar-refractivity contribution in [1.82, 2.24) is 4.90 Å². The Morgan fingerprint density at radius 1 is 1.30 bits per heavy atom. The van der Waals surface area contributed by atoms with Crippen molar-refractivity contribution in [1.29, 1.82) is 0 Å². The zero-order valence-corrected chi connectivity index (χ0v) is 13.2. The molecule has 0 aliphatic heterocycles. The van der Waals surface area contributed by atoms with Crippen LogP contribution in [-0.4, -0.2) is 53.9 Å². The minimum atomic E-state index is -0.123. The van der Waals surface area contributed by atoms with Gasteiger partial charge in [0.05, 0.1) is 13.2 Å². The van der Waals surface area contributed by atoms with Crippen molar-refractivity contribution >= 4 is 27.5 Å². The molecule has 0 heterocycles. The van der Waals surface area contributed by atoms with E-state index in [4.69, 9.17) is 10.2 Å². The summed E-state index contributed by atoms with van der Waals surface area (Å²) >= 11 is 3.38. The number of nitrogens with zero attached hydrogens (tertiary/aromatic N) is 1. The lowest BCUT2D eigenvalue weighted by Gasteiger charge is -2.20. The molecule has 6 heteroatoms. The predicted molar refractivity (Wildman–Crippen MR) is 82.7 cm³/mol. The van der Waals surface area contributed by atoms with Gasteiger partial charge < -0.3 is 15.5 Å². The molecule has 5 nitrogen and oxygen atoms in total. The summed E-state index contributed by atoms with van der Waals surface area (Å²) in [7, 11) is 0. The largest absolute Gasteiger partial charge is 0.396 e. The SMILES string of the molecule is Cc1cc(Br)ccc1NC(=O)CN(CCO)CCCO. The van der Waals surface area contributed by atoms with Gasteiger partial charge >= 0.3 is 0 Å². The zero-order chi connectivity index (χ0) is 15.0. The van der Waals surface area contributed by atoms with Crippen LogP contribution in [0.1, 0.15) is 12.0 Å². The minimum absolute atomic E-state index is 0.00395. The normalized spacial score (nSPS) is 10.8. The standard InChI is InChI=1S/C14H21BrN2O3/c1-11-9-12(15)3-4-13(11)16-14(20)10-17(6-8-19)5-2-7-18/h3-4,9,18-19H,2,5-8,10H2,1H3,(H,16,20). The highest BCUT2D eigenvalue weighted by Crippen LogP contribution is 2.19. The van der Waals surface area contributed by atoms with Gasteiger partial charge in [0.1, 0.15) is 0 Å². The Morgan fingerprint density at radius 3 is 2.65 bits per heavy atom. The lowest BCUT2D eigenvalue weighted by atomic mass is 10.2. The van der Waals surface area contributed by atoms with E-state index in [1.807, 2.05) is 30.0 Å². The zero-order valence-electron chi connectivity index (χ0n) is 11.6. The van der Waals surface area contributed by atoms with E-state index in [1.165, 1.54) is 0 Å². The fourth-order valence-corrected chi connectivity index (χ4v) is 2.34. The second-order valence-corrected chi connectivity index (χ2v) is 5.50. The van der Waals surface area contributed by atoms with Crippen LogP contribution < -0.4 is 5.32 Å². The van der Waals surface area contributed by atoms with Gasteiger partial charge in [0.2, 0.25) is 5.91 Å². The highest BCUT2D eigenvalue weighted by atomic mass is 79.9. The predicted octanol–water partition coefficient (Wildman–Crippen LogP) is 1.37. The van der Waals surface area contributed by atoms with Gasteiger partial charge in [0.25, 0.3) is 0 Å². The second-order valence-electron chi connectivity index (χ2n) is 4.58. The van der Waals surface area contributed by atoms with Crippen molar-refractivity contribution in [3.05, 3.63) is 28.2 Å². The van der Waals surface area contributed by atoms with Gasteiger partial charge in [-0.15, -0.1) is 0 Å². The Balaban J connectivity index is 2.55. The van der Waals surface area contributed by atoms with Crippen LogP contribution in [0.5, 0.6) is 0 Å². The number of amides is 1. The number of carbonyl (C=O) groups excluding carboxylic acids is 1. The maximum atomic E-state index is 12.0. The molecular formula is C14H21BrN2O3. The van der Waals surface area contributed by atoms with Gasteiger partial charge in [-0.1, -0.05) is 15.9 Å². The first-order valence-electron chi connectivity index (χ1n) is 6.57. The molecule has 1 aromatic carbocycles. The number of anilines is 1. The molecule has 0 spiro atoms. The van der Waals surface area contributed by atoms with Crippen LogP contribution in [0.3, 0.4) is 0 Å². The van der Waals surface area contributed by atoms with Gasteiger partial charge in [-0.05, 0) is 37.1 Å². The molecular weight excluding hydrogens is 324 g/mol. The van der Waals surface area contributed by atoms with E-state index >= 15 is 0 Å². The first kappa shape index (κ1) is 17.1. The number of hydrogen-bond acceptors (Lipinski definition) is 4. The van der Waals surface area contributed by atoms with Crippen molar-refractivity contribution in [2.75, 3.05) is 38.2 Å². The fourth-order valence-electron chi connectivity index (χ4n) is 1.87. The van der Waals surface area contributed by atoms with Gasteiger partial charge in [-0.2, -0.15) is 0 Å². The molecule has 1 rings (SSSR count). The molecule has 0 aliphatic carbocycles. The number of hydrogen-bond donors (Lipinski definition) is 3. The highest BCUT2D eigenvalue weighted by molar-refractivity contribution is 9.10. The van der Waals surface area contributed by atoms with Crippen molar-refractivity contribution in [3.63, 3.8) is 0 Å². The smallest absolute Gasteiger partial charge is 0.238 e. The molecule has 0 aromatic heterocycles. The number of aryl methyl sites for hydroxylation is 1. The Bertz CT molecular complexity index is 440. The summed E-state index contributed by atoms with van der Waals surface area (Å²) in [5, 5.41) is 20.7.